The van der Waals surface area contributed by atoms with Gasteiger partial charge in [-0.05, 0) is 85.0 Å². The van der Waals surface area contributed by atoms with E-state index < -0.39 is 11.7 Å². The molecule has 0 saturated heterocycles. The lowest BCUT2D eigenvalue weighted by atomic mass is 9.93. The number of primary amides is 1. The van der Waals surface area contributed by atoms with E-state index in [1.807, 2.05) is 43.3 Å². The Morgan fingerprint density at radius 2 is 1.69 bits per heavy atom. The molecule has 0 atom stereocenters. The number of aromatic nitrogens is 1. The van der Waals surface area contributed by atoms with Gasteiger partial charge in [0.15, 0.2) is 0 Å². The molecule has 1 aromatic heterocycles. The van der Waals surface area contributed by atoms with Crippen molar-refractivity contribution < 1.29 is 18.8 Å². The number of halogens is 1. The third kappa shape index (κ3) is 4.50. The highest BCUT2D eigenvalue weighted by atomic mass is 19.1. The maximum absolute atomic E-state index is 13.3. The summed E-state index contributed by atoms with van der Waals surface area (Å²) in [5, 5.41) is 7.56. The molecule has 3 amide bonds. The predicted octanol–water partition coefficient (Wildman–Crippen LogP) is 6.14. The maximum Gasteiger partial charge on any atom is 0.255 e. The molecule has 194 valence electrons. The smallest absolute Gasteiger partial charge is 0.255 e. The minimum atomic E-state index is -0.558. The number of nitrogens with one attached hydrogen (secondary N) is 3. The maximum atomic E-state index is 13.3. The molecule has 1 aliphatic rings. The number of aromatic amines is 1. The fraction of sp³-hybridized carbons (Fsp3) is 0.129. The minimum Gasteiger partial charge on any atom is -0.366 e. The Morgan fingerprint density at radius 3 is 2.41 bits per heavy atom. The van der Waals surface area contributed by atoms with Gasteiger partial charge in [0.1, 0.15) is 5.82 Å². The molecule has 6 rings (SSSR count). The molecular formula is C31H25FN4O3. The van der Waals surface area contributed by atoms with Crippen LogP contribution < -0.4 is 16.4 Å². The van der Waals surface area contributed by atoms with Crippen LogP contribution in [0.1, 0.15) is 39.1 Å². The average Bonchev–Trinajstić information content (AvgIpc) is 3.70. The van der Waals surface area contributed by atoms with Crippen molar-refractivity contribution in [1.29, 1.82) is 0 Å². The third-order valence-corrected chi connectivity index (χ3v) is 7.21. The van der Waals surface area contributed by atoms with Gasteiger partial charge in [0, 0.05) is 39.1 Å². The van der Waals surface area contributed by atoms with Crippen molar-refractivity contribution in [1.82, 2.24) is 4.98 Å². The number of amides is 3. The van der Waals surface area contributed by atoms with Gasteiger partial charge < -0.3 is 21.4 Å². The fourth-order valence-electron chi connectivity index (χ4n) is 4.97. The summed E-state index contributed by atoms with van der Waals surface area (Å²) in [6, 6.07) is 20.1. The van der Waals surface area contributed by atoms with E-state index in [0.29, 0.717) is 28.0 Å². The summed E-state index contributed by atoms with van der Waals surface area (Å²) in [4.78, 5) is 40.8. The second kappa shape index (κ2) is 9.40. The van der Waals surface area contributed by atoms with Crippen LogP contribution in [0, 0.1) is 18.7 Å². The lowest BCUT2D eigenvalue weighted by Gasteiger charge is -2.15. The summed E-state index contributed by atoms with van der Waals surface area (Å²) in [5.41, 5.74) is 11.6. The Morgan fingerprint density at radius 1 is 0.923 bits per heavy atom. The Labute approximate surface area is 223 Å². The highest BCUT2D eigenvalue weighted by Gasteiger charge is 2.29. The molecule has 0 radical (unpaired) electrons. The van der Waals surface area contributed by atoms with Gasteiger partial charge in [0.25, 0.3) is 11.8 Å². The van der Waals surface area contributed by atoms with Crippen LogP contribution in [-0.2, 0) is 4.79 Å². The fourth-order valence-corrected chi connectivity index (χ4v) is 4.97. The Hall–Kier alpha value is -4.98. The molecule has 4 aromatic carbocycles. The highest BCUT2D eigenvalue weighted by molar-refractivity contribution is 6.20. The molecule has 0 spiro atoms. The van der Waals surface area contributed by atoms with Crippen molar-refractivity contribution in [2.45, 2.75) is 19.8 Å². The number of hydrogen-bond acceptors (Lipinski definition) is 3. The third-order valence-electron chi connectivity index (χ3n) is 7.21. The van der Waals surface area contributed by atoms with Crippen molar-refractivity contribution in [3.05, 3.63) is 95.3 Å². The number of rotatable bonds is 6. The number of fused-ring (bicyclic) bond motifs is 3. The average molecular weight is 521 g/mol. The highest BCUT2D eigenvalue weighted by Crippen LogP contribution is 2.40. The molecule has 5 aromatic rings. The van der Waals surface area contributed by atoms with Crippen molar-refractivity contribution in [2.75, 3.05) is 10.6 Å². The number of H-pyrrole nitrogens is 1. The normalized spacial score (nSPS) is 13.0. The van der Waals surface area contributed by atoms with E-state index in [1.54, 1.807) is 12.1 Å². The zero-order valence-corrected chi connectivity index (χ0v) is 21.1. The van der Waals surface area contributed by atoms with Crippen molar-refractivity contribution >= 4 is 50.9 Å². The molecular weight excluding hydrogens is 495 g/mol. The largest absolute Gasteiger partial charge is 0.366 e. The minimum absolute atomic E-state index is 0.0131. The number of carbonyl (C=O) groups excluding carboxylic acids is 3. The lowest BCUT2D eigenvalue weighted by molar-refractivity contribution is -0.117. The summed E-state index contributed by atoms with van der Waals surface area (Å²) in [6.45, 7) is 1.91. The van der Waals surface area contributed by atoms with E-state index >= 15 is 0 Å². The van der Waals surface area contributed by atoms with E-state index in [4.69, 9.17) is 5.73 Å². The first-order valence-corrected chi connectivity index (χ1v) is 12.7. The number of hydrogen-bond donors (Lipinski definition) is 4. The van der Waals surface area contributed by atoms with Gasteiger partial charge in [0.2, 0.25) is 5.91 Å². The molecule has 1 fully saturated rings. The second-order valence-corrected chi connectivity index (χ2v) is 9.86. The first-order chi connectivity index (χ1) is 18.8. The molecule has 0 aliphatic heterocycles. The topological polar surface area (TPSA) is 117 Å². The number of anilines is 2. The van der Waals surface area contributed by atoms with Gasteiger partial charge >= 0.3 is 0 Å². The zero-order valence-electron chi connectivity index (χ0n) is 21.1. The van der Waals surface area contributed by atoms with Crippen LogP contribution in [-0.4, -0.2) is 22.7 Å². The first kappa shape index (κ1) is 24.4. The van der Waals surface area contributed by atoms with E-state index in [-0.39, 0.29) is 17.7 Å². The van der Waals surface area contributed by atoms with Gasteiger partial charge in [-0.15, -0.1) is 0 Å². The van der Waals surface area contributed by atoms with Crippen LogP contribution in [0.25, 0.3) is 32.9 Å². The van der Waals surface area contributed by atoms with Gasteiger partial charge in [-0.3, -0.25) is 14.4 Å². The van der Waals surface area contributed by atoms with Crippen LogP contribution in [0.2, 0.25) is 0 Å². The summed E-state index contributed by atoms with van der Waals surface area (Å²) in [5.74, 6) is -1.23. The van der Waals surface area contributed by atoms with E-state index in [9.17, 15) is 18.8 Å². The van der Waals surface area contributed by atoms with Crippen molar-refractivity contribution in [3.63, 3.8) is 0 Å². The molecule has 39 heavy (non-hydrogen) atoms. The summed E-state index contributed by atoms with van der Waals surface area (Å²) < 4.78 is 13.3. The summed E-state index contributed by atoms with van der Waals surface area (Å²) in [7, 11) is 0. The zero-order chi connectivity index (χ0) is 27.3. The molecule has 7 nitrogen and oxygen atoms in total. The lowest BCUT2D eigenvalue weighted by Crippen LogP contribution is -2.13. The van der Waals surface area contributed by atoms with Gasteiger partial charge in [-0.25, -0.2) is 4.39 Å². The SMILES string of the molecule is Cc1c(NC(=O)c2ccc(F)cc2)cccc1-c1ccc(C(N)=O)c2[nH]c3cc(NC(=O)C4CC4)ccc3c12. The Bertz CT molecular complexity index is 1800. The molecule has 5 N–H and O–H groups in total. The van der Waals surface area contributed by atoms with E-state index in [0.717, 1.165) is 45.8 Å². The van der Waals surface area contributed by atoms with Crippen LogP contribution >= 0.6 is 0 Å². The standard InChI is InChI=1S/C31H25FN4O3/c1-16-21(3-2-4-25(16)36-31(39)18-7-9-19(32)10-8-18)22-13-14-24(29(33)37)28-27(22)23-12-11-20(15-26(23)35-28)34-30(38)17-5-6-17/h2-4,7-15,17,35H,5-6H2,1H3,(H2,33,37)(H,34,38)(H,36,39). The van der Waals surface area contributed by atoms with Crippen molar-refractivity contribution in [2.24, 2.45) is 11.7 Å². The molecule has 1 heterocycles. The van der Waals surface area contributed by atoms with E-state index in [1.165, 1.54) is 24.3 Å². The van der Waals surface area contributed by atoms with Gasteiger partial charge in [-0.2, -0.15) is 0 Å². The second-order valence-electron chi connectivity index (χ2n) is 9.86. The monoisotopic (exact) mass is 520 g/mol. The Kier molecular flexibility index (Phi) is 5.87. The summed E-state index contributed by atoms with van der Waals surface area (Å²) >= 11 is 0. The van der Waals surface area contributed by atoms with Crippen LogP contribution in [0.3, 0.4) is 0 Å². The first-order valence-electron chi connectivity index (χ1n) is 12.7. The van der Waals surface area contributed by atoms with Crippen LogP contribution in [0.5, 0.6) is 0 Å². The van der Waals surface area contributed by atoms with Gasteiger partial charge in [0.05, 0.1) is 11.1 Å². The number of benzene rings is 4. The van der Waals surface area contributed by atoms with Crippen LogP contribution in [0.4, 0.5) is 15.8 Å². The number of nitrogens with two attached hydrogens (primary N) is 1. The quantitative estimate of drug-likeness (QED) is 0.216. The Balaban J connectivity index is 1.45. The van der Waals surface area contributed by atoms with Gasteiger partial charge in [-0.1, -0.05) is 24.3 Å². The van der Waals surface area contributed by atoms with E-state index in [2.05, 4.69) is 15.6 Å². The molecule has 8 heteroatoms. The summed E-state index contributed by atoms with van der Waals surface area (Å²) in [6.07, 6.45) is 1.82. The predicted molar refractivity (Wildman–Crippen MR) is 150 cm³/mol. The molecule has 1 aliphatic carbocycles. The van der Waals surface area contributed by atoms with Crippen molar-refractivity contribution in [3.8, 4) is 11.1 Å². The molecule has 1 saturated carbocycles. The molecule has 0 bridgehead atoms. The number of carbonyl (C=O) groups is 3. The van der Waals surface area contributed by atoms with Crippen LogP contribution in [0.15, 0.2) is 72.8 Å². The molecule has 0 unspecified atom stereocenters.